The van der Waals surface area contributed by atoms with Gasteiger partial charge in [-0.3, -0.25) is 4.79 Å². The number of rotatable bonds is 5. The number of amides is 1. The van der Waals surface area contributed by atoms with Gasteiger partial charge < -0.3 is 10.1 Å². The number of anilines is 1. The summed E-state index contributed by atoms with van der Waals surface area (Å²) >= 11 is 1.36. The Balaban J connectivity index is 1.57. The number of ether oxygens (including phenoxy) is 1. The highest BCUT2D eigenvalue weighted by Crippen LogP contribution is 2.38. The summed E-state index contributed by atoms with van der Waals surface area (Å²) in [5.41, 5.74) is 0.835. The first-order valence-corrected chi connectivity index (χ1v) is 8.22. The van der Waals surface area contributed by atoms with Gasteiger partial charge in [0.2, 0.25) is 5.91 Å². The second-order valence-corrected chi connectivity index (χ2v) is 6.92. The number of nitrogens with zero attached hydrogens (tertiary/aromatic N) is 1. The molecule has 0 unspecified atom stereocenters. The number of hydrogen-bond donors (Lipinski definition) is 1. The monoisotopic (exact) mass is 356 g/mol. The average molecular weight is 356 g/mol. The lowest BCUT2D eigenvalue weighted by molar-refractivity contribution is -0.274. The maximum atomic E-state index is 12.1. The number of carbonyl (C=O) groups excluding carboxylic acids is 1. The van der Waals surface area contributed by atoms with Gasteiger partial charge in [-0.2, -0.15) is 0 Å². The SMILES string of the molecule is C[C@@H]1C[C@@H]1C(=O)Nc1ncc(Cc2ccc(OC(F)(F)F)cc2)s1. The molecule has 1 N–H and O–H groups in total. The fraction of sp³-hybridized carbons (Fsp3) is 0.375. The normalized spacial score (nSPS) is 19.8. The first-order valence-electron chi connectivity index (χ1n) is 7.40. The van der Waals surface area contributed by atoms with E-state index in [-0.39, 0.29) is 17.6 Å². The standard InChI is InChI=1S/C16H15F3N2O2S/c1-9-6-13(9)14(22)21-15-20-8-12(24-15)7-10-2-4-11(5-3-10)23-16(17,18)19/h2-5,8-9,13H,6-7H2,1H3,(H,20,21,22)/t9-,13+/m1/s1. The molecule has 0 spiro atoms. The van der Waals surface area contributed by atoms with Crippen molar-refractivity contribution in [3.63, 3.8) is 0 Å². The van der Waals surface area contributed by atoms with Crippen LogP contribution in [-0.4, -0.2) is 17.3 Å². The molecule has 0 saturated heterocycles. The summed E-state index contributed by atoms with van der Waals surface area (Å²) in [6.07, 6.45) is -1.59. The Morgan fingerprint density at radius 2 is 2.04 bits per heavy atom. The van der Waals surface area contributed by atoms with Crippen LogP contribution in [0, 0.1) is 11.8 Å². The van der Waals surface area contributed by atoms with E-state index >= 15 is 0 Å². The van der Waals surface area contributed by atoms with Gasteiger partial charge in [0.15, 0.2) is 5.13 Å². The van der Waals surface area contributed by atoms with Crippen LogP contribution in [0.25, 0.3) is 0 Å². The Hall–Kier alpha value is -2.09. The molecule has 3 rings (SSSR count). The van der Waals surface area contributed by atoms with Gasteiger partial charge in [-0.25, -0.2) is 4.98 Å². The molecule has 2 atom stereocenters. The summed E-state index contributed by atoms with van der Waals surface area (Å²) in [7, 11) is 0. The second kappa shape index (κ2) is 6.43. The van der Waals surface area contributed by atoms with Crippen molar-refractivity contribution >= 4 is 22.4 Å². The quantitative estimate of drug-likeness (QED) is 0.872. The smallest absolute Gasteiger partial charge is 0.406 e. The molecule has 2 aromatic rings. The molecule has 0 aliphatic heterocycles. The number of hydrogen-bond acceptors (Lipinski definition) is 4. The van der Waals surface area contributed by atoms with Crippen molar-refractivity contribution in [3.8, 4) is 5.75 Å². The Morgan fingerprint density at radius 1 is 1.38 bits per heavy atom. The third-order valence-electron chi connectivity index (χ3n) is 3.77. The number of alkyl halides is 3. The summed E-state index contributed by atoms with van der Waals surface area (Å²) in [5.74, 6) is 0.263. The summed E-state index contributed by atoms with van der Waals surface area (Å²) < 4.78 is 40.2. The largest absolute Gasteiger partial charge is 0.573 e. The third-order valence-corrected chi connectivity index (χ3v) is 4.68. The molecule has 1 saturated carbocycles. The summed E-state index contributed by atoms with van der Waals surface area (Å²) in [6, 6.07) is 5.71. The minimum atomic E-state index is -4.69. The zero-order valence-electron chi connectivity index (χ0n) is 12.8. The van der Waals surface area contributed by atoms with E-state index in [0.29, 0.717) is 17.5 Å². The van der Waals surface area contributed by atoms with Crippen LogP contribution in [0.3, 0.4) is 0 Å². The average Bonchev–Trinajstić information content (AvgIpc) is 3.06. The summed E-state index contributed by atoms with van der Waals surface area (Å²) in [5, 5.41) is 3.35. The predicted molar refractivity (Wildman–Crippen MR) is 83.9 cm³/mol. The van der Waals surface area contributed by atoms with Gasteiger partial charge in [0.1, 0.15) is 5.75 Å². The van der Waals surface area contributed by atoms with E-state index in [4.69, 9.17) is 0 Å². The van der Waals surface area contributed by atoms with Crippen LogP contribution < -0.4 is 10.1 Å². The Bertz CT molecular complexity index is 728. The van der Waals surface area contributed by atoms with Crippen molar-refractivity contribution in [2.24, 2.45) is 11.8 Å². The maximum Gasteiger partial charge on any atom is 0.573 e. The van der Waals surface area contributed by atoms with Crippen molar-refractivity contribution in [1.29, 1.82) is 0 Å². The molecule has 1 heterocycles. The highest BCUT2D eigenvalue weighted by atomic mass is 32.1. The molecule has 4 nitrogen and oxygen atoms in total. The molecule has 24 heavy (non-hydrogen) atoms. The van der Waals surface area contributed by atoms with Crippen molar-refractivity contribution < 1.29 is 22.7 Å². The number of thiazole rings is 1. The molecule has 1 aromatic carbocycles. The molecule has 1 aromatic heterocycles. The highest BCUT2D eigenvalue weighted by Gasteiger charge is 2.39. The zero-order valence-corrected chi connectivity index (χ0v) is 13.6. The fourth-order valence-corrected chi connectivity index (χ4v) is 3.19. The van der Waals surface area contributed by atoms with Crippen LogP contribution in [0.15, 0.2) is 30.5 Å². The van der Waals surface area contributed by atoms with Gasteiger partial charge in [-0.15, -0.1) is 24.5 Å². The molecule has 0 bridgehead atoms. The van der Waals surface area contributed by atoms with E-state index in [2.05, 4.69) is 15.0 Å². The van der Waals surface area contributed by atoms with Gasteiger partial charge in [-0.1, -0.05) is 19.1 Å². The van der Waals surface area contributed by atoms with E-state index in [9.17, 15) is 18.0 Å². The number of benzene rings is 1. The molecule has 1 aliphatic carbocycles. The zero-order chi connectivity index (χ0) is 17.3. The van der Waals surface area contributed by atoms with Gasteiger partial charge >= 0.3 is 6.36 Å². The van der Waals surface area contributed by atoms with Crippen LogP contribution in [0.4, 0.5) is 18.3 Å². The third kappa shape index (κ3) is 4.47. The lowest BCUT2D eigenvalue weighted by atomic mass is 10.1. The van der Waals surface area contributed by atoms with Crippen molar-refractivity contribution in [2.75, 3.05) is 5.32 Å². The van der Waals surface area contributed by atoms with Crippen LogP contribution in [-0.2, 0) is 11.2 Å². The van der Waals surface area contributed by atoms with E-state index in [1.807, 2.05) is 6.92 Å². The number of carbonyl (C=O) groups is 1. The maximum absolute atomic E-state index is 12.1. The topological polar surface area (TPSA) is 51.2 Å². The molecular formula is C16H15F3N2O2S. The van der Waals surface area contributed by atoms with Crippen molar-refractivity contribution in [3.05, 3.63) is 40.9 Å². The van der Waals surface area contributed by atoms with E-state index in [1.165, 1.54) is 23.5 Å². The van der Waals surface area contributed by atoms with Gasteiger partial charge in [-0.05, 0) is 30.0 Å². The Kier molecular flexibility index (Phi) is 4.49. The van der Waals surface area contributed by atoms with Crippen molar-refractivity contribution in [1.82, 2.24) is 4.98 Å². The number of aromatic nitrogens is 1. The van der Waals surface area contributed by atoms with Crippen LogP contribution in [0.1, 0.15) is 23.8 Å². The van der Waals surface area contributed by atoms with E-state index in [0.717, 1.165) is 16.9 Å². The summed E-state index contributed by atoms with van der Waals surface area (Å²) in [6.45, 7) is 2.03. The molecule has 1 amide bonds. The molecule has 0 radical (unpaired) electrons. The van der Waals surface area contributed by atoms with Crippen LogP contribution in [0.2, 0.25) is 0 Å². The summed E-state index contributed by atoms with van der Waals surface area (Å²) in [4.78, 5) is 16.9. The van der Waals surface area contributed by atoms with Crippen LogP contribution in [0.5, 0.6) is 5.75 Å². The fourth-order valence-electron chi connectivity index (χ4n) is 2.34. The molecule has 8 heteroatoms. The lowest BCUT2D eigenvalue weighted by Gasteiger charge is -2.08. The number of nitrogens with one attached hydrogen (secondary N) is 1. The van der Waals surface area contributed by atoms with E-state index in [1.54, 1.807) is 18.3 Å². The van der Waals surface area contributed by atoms with E-state index < -0.39 is 6.36 Å². The molecule has 128 valence electrons. The Labute approximate surface area is 140 Å². The van der Waals surface area contributed by atoms with Gasteiger partial charge in [0.05, 0.1) is 0 Å². The van der Waals surface area contributed by atoms with Gasteiger partial charge in [0, 0.05) is 23.4 Å². The predicted octanol–water partition coefficient (Wildman–Crippen LogP) is 4.23. The first kappa shape index (κ1) is 16.8. The van der Waals surface area contributed by atoms with Gasteiger partial charge in [0.25, 0.3) is 0 Å². The molecule has 1 fully saturated rings. The van der Waals surface area contributed by atoms with Crippen molar-refractivity contribution in [2.45, 2.75) is 26.1 Å². The lowest BCUT2D eigenvalue weighted by Crippen LogP contribution is -2.17. The minimum absolute atomic E-state index is 0.00273. The Morgan fingerprint density at radius 3 is 2.62 bits per heavy atom. The molecule has 1 aliphatic rings. The number of halogens is 3. The highest BCUT2D eigenvalue weighted by molar-refractivity contribution is 7.15. The van der Waals surface area contributed by atoms with Crippen LogP contribution >= 0.6 is 11.3 Å². The first-order chi connectivity index (χ1) is 11.3. The second-order valence-electron chi connectivity index (χ2n) is 5.81. The minimum Gasteiger partial charge on any atom is -0.406 e. The molecular weight excluding hydrogens is 341 g/mol.